The van der Waals surface area contributed by atoms with E-state index in [-0.39, 0.29) is 11.4 Å². The number of aromatic hydroxyl groups is 1. The Bertz CT molecular complexity index is 1000. The fraction of sp³-hybridized carbons (Fsp3) is 0.111. The highest BCUT2D eigenvalue weighted by Gasteiger charge is 2.19. The molecule has 7 heteroatoms. The van der Waals surface area contributed by atoms with Gasteiger partial charge in [-0.1, -0.05) is 37.3 Å². The fourth-order valence-electron chi connectivity index (χ4n) is 2.73. The summed E-state index contributed by atoms with van der Waals surface area (Å²) in [6.07, 6.45) is 0.637. The van der Waals surface area contributed by atoms with Crippen molar-refractivity contribution in [1.82, 2.24) is 9.97 Å². The van der Waals surface area contributed by atoms with Crippen LogP contribution in [-0.2, 0) is 6.42 Å². The smallest absolute Gasteiger partial charge is 0.273 e. The minimum Gasteiger partial charge on any atom is -0.507 e. The minimum absolute atomic E-state index is 0.169. The zero-order valence-electron chi connectivity index (χ0n) is 13.4. The summed E-state index contributed by atoms with van der Waals surface area (Å²) in [6, 6.07) is 13.5. The molecule has 126 valence electrons. The van der Waals surface area contributed by atoms with E-state index in [1.165, 1.54) is 12.1 Å². The van der Waals surface area contributed by atoms with Crippen LogP contribution in [-0.4, -0.2) is 20.0 Å². The molecule has 0 bridgehead atoms. The molecule has 0 amide bonds. The number of aryl methyl sites for hydroxylation is 1. The molecule has 6 nitrogen and oxygen atoms in total. The number of nitro groups is 1. The van der Waals surface area contributed by atoms with Crippen LogP contribution in [0.5, 0.6) is 5.75 Å². The van der Waals surface area contributed by atoms with Crippen LogP contribution < -0.4 is 0 Å². The molecule has 0 spiro atoms. The highest BCUT2D eigenvalue weighted by Crippen LogP contribution is 2.39. The number of benzene rings is 2. The molecule has 0 saturated heterocycles. The normalized spacial score (nSPS) is 10.6. The van der Waals surface area contributed by atoms with E-state index in [9.17, 15) is 15.2 Å². The lowest BCUT2D eigenvalue weighted by Gasteiger charge is -2.15. The lowest BCUT2D eigenvalue weighted by atomic mass is 9.95. The van der Waals surface area contributed by atoms with Gasteiger partial charge in [-0.15, -0.1) is 0 Å². The Balaban J connectivity index is 2.32. The highest BCUT2D eigenvalue weighted by atomic mass is 32.1. The average molecular weight is 353 g/mol. The molecule has 0 unspecified atom stereocenters. The zero-order chi connectivity index (χ0) is 18.0. The van der Waals surface area contributed by atoms with Gasteiger partial charge >= 0.3 is 0 Å². The second-order valence-electron chi connectivity index (χ2n) is 5.42. The number of hydrogen-bond donors (Lipinski definition) is 2. The second kappa shape index (κ2) is 6.82. The number of phenolic OH excluding ortho intramolecular Hbond substituents is 1. The van der Waals surface area contributed by atoms with E-state index >= 15 is 0 Å². The van der Waals surface area contributed by atoms with Crippen LogP contribution in [0.1, 0.15) is 12.6 Å². The van der Waals surface area contributed by atoms with Gasteiger partial charge < -0.3 is 10.1 Å². The predicted molar refractivity (Wildman–Crippen MR) is 98.0 cm³/mol. The molecule has 0 fully saturated rings. The first-order valence-corrected chi connectivity index (χ1v) is 8.08. The van der Waals surface area contributed by atoms with Gasteiger partial charge in [0.2, 0.25) is 0 Å². The number of rotatable bonds is 4. The van der Waals surface area contributed by atoms with Gasteiger partial charge in [0.25, 0.3) is 5.69 Å². The fourth-order valence-corrected chi connectivity index (χ4v) is 2.94. The molecule has 0 radical (unpaired) electrons. The molecule has 0 atom stereocenters. The third-order valence-corrected chi connectivity index (χ3v) is 4.07. The summed E-state index contributed by atoms with van der Waals surface area (Å²) >= 11 is 5.23. The molecule has 0 aliphatic heterocycles. The summed E-state index contributed by atoms with van der Waals surface area (Å²) in [5.74, 6) is -0.173. The number of aromatic amines is 1. The van der Waals surface area contributed by atoms with Gasteiger partial charge in [-0.3, -0.25) is 10.1 Å². The van der Waals surface area contributed by atoms with Gasteiger partial charge in [0.05, 0.1) is 16.7 Å². The molecule has 2 N–H and O–H groups in total. The molecular formula is C18H15N3O3S. The molecule has 2 aromatic carbocycles. The Hall–Kier alpha value is -3.06. The third kappa shape index (κ3) is 3.27. The summed E-state index contributed by atoms with van der Waals surface area (Å²) in [5.41, 5.74) is 3.28. The number of nitrogens with one attached hydrogen (secondary N) is 1. The monoisotopic (exact) mass is 353 g/mol. The average Bonchev–Trinajstić information content (AvgIpc) is 2.62. The number of hydrogen-bond acceptors (Lipinski definition) is 5. The number of non-ortho nitro benzene ring substituents is 1. The van der Waals surface area contributed by atoms with Crippen molar-refractivity contribution in [2.45, 2.75) is 13.3 Å². The Kier molecular flexibility index (Phi) is 4.58. The first-order chi connectivity index (χ1) is 12.0. The van der Waals surface area contributed by atoms with E-state index < -0.39 is 4.92 Å². The van der Waals surface area contributed by atoms with Gasteiger partial charge in [0.15, 0.2) is 4.77 Å². The number of aromatic nitrogens is 2. The molecular weight excluding hydrogens is 338 g/mol. The standard InChI is InChI=1S/C18H15N3O3S/c1-2-14-16(13-9-8-12(21(23)24)10-15(13)22)17(20-18(25)19-14)11-6-4-3-5-7-11/h3-10,22H,2H2,1H3,(H,19,20,25). The molecule has 0 aliphatic carbocycles. The van der Waals surface area contributed by atoms with E-state index in [0.717, 1.165) is 17.3 Å². The number of phenols is 1. The Morgan fingerprint density at radius 2 is 1.96 bits per heavy atom. The van der Waals surface area contributed by atoms with E-state index in [2.05, 4.69) is 9.97 Å². The Morgan fingerprint density at radius 3 is 2.56 bits per heavy atom. The van der Waals surface area contributed by atoms with E-state index in [1.54, 1.807) is 0 Å². The van der Waals surface area contributed by atoms with Gasteiger partial charge in [0.1, 0.15) is 5.75 Å². The van der Waals surface area contributed by atoms with E-state index in [1.807, 2.05) is 37.3 Å². The van der Waals surface area contributed by atoms with Crippen molar-refractivity contribution in [2.24, 2.45) is 0 Å². The van der Waals surface area contributed by atoms with Crippen LogP contribution >= 0.6 is 12.2 Å². The number of nitrogens with zero attached hydrogens (tertiary/aromatic N) is 2. The van der Waals surface area contributed by atoms with Gasteiger partial charge in [-0.05, 0) is 24.7 Å². The maximum absolute atomic E-state index is 10.9. The quantitative estimate of drug-likeness (QED) is 0.405. The first kappa shape index (κ1) is 16.8. The van der Waals surface area contributed by atoms with Crippen molar-refractivity contribution in [3.63, 3.8) is 0 Å². The van der Waals surface area contributed by atoms with Gasteiger partial charge in [-0.25, -0.2) is 4.98 Å². The van der Waals surface area contributed by atoms with Gasteiger partial charge in [-0.2, -0.15) is 0 Å². The minimum atomic E-state index is -0.543. The molecule has 1 aromatic heterocycles. The van der Waals surface area contributed by atoms with Crippen molar-refractivity contribution in [3.8, 4) is 28.1 Å². The van der Waals surface area contributed by atoms with Crippen molar-refractivity contribution in [1.29, 1.82) is 0 Å². The summed E-state index contributed by atoms with van der Waals surface area (Å²) in [7, 11) is 0. The van der Waals surface area contributed by atoms with Crippen molar-refractivity contribution < 1.29 is 10.0 Å². The summed E-state index contributed by atoms with van der Waals surface area (Å²) < 4.78 is 0.348. The van der Waals surface area contributed by atoms with E-state index in [0.29, 0.717) is 28.0 Å². The number of H-pyrrole nitrogens is 1. The van der Waals surface area contributed by atoms with Crippen LogP contribution in [0.3, 0.4) is 0 Å². The zero-order valence-corrected chi connectivity index (χ0v) is 14.2. The Morgan fingerprint density at radius 1 is 1.24 bits per heavy atom. The van der Waals surface area contributed by atoms with Gasteiger partial charge in [0, 0.05) is 28.5 Å². The Labute approximate surface area is 149 Å². The molecule has 25 heavy (non-hydrogen) atoms. The van der Waals surface area contributed by atoms with Crippen LogP contribution in [0.25, 0.3) is 22.4 Å². The van der Waals surface area contributed by atoms with Crippen LogP contribution in [0.15, 0.2) is 48.5 Å². The van der Waals surface area contributed by atoms with Crippen LogP contribution in [0, 0.1) is 14.9 Å². The molecule has 3 aromatic rings. The third-order valence-electron chi connectivity index (χ3n) is 3.87. The maximum atomic E-state index is 10.9. The molecule has 0 saturated carbocycles. The SMILES string of the molecule is CCc1[nH]c(=S)nc(-c2ccccc2)c1-c1ccc([N+](=O)[O-])cc1O. The lowest BCUT2D eigenvalue weighted by Crippen LogP contribution is -2.00. The van der Waals surface area contributed by atoms with Crippen LogP contribution in [0.2, 0.25) is 0 Å². The largest absolute Gasteiger partial charge is 0.507 e. The molecule has 3 rings (SSSR count). The highest BCUT2D eigenvalue weighted by molar-refractivity contribution is 7.71. The lowest BCUT2D eigenvalue weighted by molar-refractivity contribution is -0.384. The first-order valence-electron chi connectivity index (χ1n) is 7.67. The summed E-state index contributed by atoms with van der Waals surface area (Å²) in [6.45, 7) is 1.96. The van der Waals surface area contributed by atoms with E-state index in [4.69, 9.17) is 12.2 Å². The van der Waals surface area contributed by atoms with Crippen LogP contribution in [0.4, 0.5) is 5.69 Å². The predicted octanol–water partition coefficient (Wildman–Crippen LogP) is 4.65. The summed E-state index contributed by atoms with van der Waals surface area (Å²) in [4.78, 5) is 17.9. The number of nitro benzene ring substituents is 1. The topological polar surface area (TPSA) is 92.0 Å². The van der Waals surface area contributed by atoms with Crippen molar-refractivity contribution in [2.75, 3.05) is 0 Å². The summed E-state index contributed by atoms with van der Waals surface area (Å²) in [5, 5.41) is 21.3. The van der Waals surface area contributed by atoms with Crippen molar-refractivity contribution >= 4 is 17.9 Å². The molecule has 0 aliphatic rings. The molecule has 1 heterocycles. The second-order valence-corrected chi connectivity index (χ2v) is 5.81. The maximum Gasteiger partial charge on any atom is 0.273 e. The van der Waals surface area contributed by atoms with Crippen molar-refractivity contribution in [3.05, 3.63) is 69.1 Å².